The third-order valence-corrected chi connectivity index (χ3v) is 6.81. The maximum atomic E-state index is 13.0. The maximum absolute atomic E-state index is 13.0. The Labute approximate surface area is 159 Å². The van der Waals surface area contributed by atoms with Crippen molar-refractivity contribution in [3.05, 3.63) is 82.7 Å². The first-order valence-electron chi connectivity index (χ1n) is 9.01. The summed E-state index contributed by atoms with van der Waals surface area (Å²) in [6.45, 7) is 3.90. The van der Waals surface area contributed by atoms with E-state index in [1.807, 2.05) is 38.1 Å². The van der Waals surface area contributed by atoms with Crippen LogP contribution in [-0.4, -0.2) is 22.7 Å². The van der Waals surface area contributed by atoms with E-state index in [1.54, 1.807) is 24.3 Å². The lowest BCUT2D eigenvalue weighted by Gasteiger charge is -2.32. The van der Waals surface area contributed by atoms with Crippen LogP contribution < -0.4 is 0 Å². The first-order valence-corrected chi connectivity index (χ1v) is 10.5. The molecule has 0 amide bonds. The van der Waals surface area contributed by atoms with Crippen LogP contribution in [0.15, 0.2) is 59.6 Å². The van der Waals surface area contributed by atoms with Gasteiger partial charge in [-0.2, -0.15) is 17.6 Å². The first-order chi connectivity index (χ1) is 12.8. The van der Waals surface area contributed by atoms with Crippen LogP contribution in [0.5, 0.6) is 0 Å². The zero-order valence-corrected chi connectivity index (χ0v) is 16.2. The number of hydrogen-bond acceptors (Lipinski definition) is 4. The summed E-state index contributed by atoms with van der Waals surface area (Å²) >= 11 is 0. The molecule has 1 aromatic heterocycles. The second-order valence-electron chi connectivity index (χ2n) is 7.26. The minimum absolute atomic E-state index is 0.187. The zero-order chi connectivity index (χ0) is 19.2. The minimum Gasteiger partial charge on any atom is -0.380 e. The lowest BCUT2D eigenvalue weighted by Crippen LogP contribution is -2.31. The zero-order valence-electron chi connectivity index (χ0n) is 15.4. The Morgan fingerprint density at radius 3 is 2.22 bits per heavy atom. The summed E-state index contributed by atoms with van der Waals surface area (Å²) in [5.74, 6) is 0. The van der Waals surface area contributed by atoms with E-state index in [1.165, 1.54) is 6.20 Å². The highest BCUT2D eigenvalue weighted by molar-refractivity contribution is 7.89. The third kappa shape index (κ3) is 2.99. The van der Waals surface area contributed by atoms with E-state index in [-0.39, 0.29) is 4.90 Å². The van der Waals surface area contributed by atoms with Gasteiger partial charge in [-0.05, 0) is 50.8 Å². The molecule has 0 spiro atoms. The van der Waals surface area contributed by atoms with Crippen molar-refractivity contribution in [3.8, 4) is 0 Å². The van der Waals surface area contributed by atoms with Gasteiger partial charge in [-0.1, -0.05) is 47.5 Å². The van der Waals surface area contributed by atoms with Gasteiger partial charge in [0.25, 0.3) is 10.0 Å². The Balaban J connectivity index is 1.81. The van der Waals surface area contributed by atoms with Crippen molar-refractivity contribution in [2.45, 2.75) is 43.6 Å². The Kier molecular flexibility index (Phi) is 4.20. The highest BCUT2D eigenvalue weighted by Gasteiger charge is 2.39. The number of nitrogens with zero attached hydrogens (tertiary/aromatic N) is 2. The van der Waals surface area contributed by atoms with Crippen molar-refractivity contribution < 1.29 is 13.5 Å². The van der Waals surface area contributed by atoms with Crippen molar-refractivity contribution in [1.29, 1.82) is 0 Å². The molecule has 0 aliphatic heterocycles. The fraction of sp³-hybridized carbons (Fsp3) is 0.286. The van der Waals surface area contributed by atoms with Gasteiger partial charge in [-0.15, -0.1) is 0 Å². The van der Waals surface area contributed by atoms with Crippen molar-refractivity contribution >= 4 is 10.0 Å². The molecule has 0 radical (unpaired) electrons. The van der Waals surface area contributed by atoms with E-state index in [0.717, 1.165) is 27.2 Å². The molecule has 1 aliphatic carbocycles. The standard InChI is InChI=1S/C21H22N2O3S/c1-15-5-9-17(10-6-15)21(24)13-3-4-20-19(21)14-23(22-20)27(25,26)18-11-7-16(2)8-12-18/h5-12,14,24H,3-4,13H2,1-2H3. The Morgan fingerprint density at radius 2 is 1.59 bits per heavy atom. The highest BCUT2D eigenvalue weighted by Crippen LogP contribution is 2.40. The monoisotopic (exact) mass is 382 g/mol. The number of aryl methyl sites for hydroxylation is 3. The van der Waals surface area contributed by atoms with Gasteiger partial charge in [0.2, 0.25) is 0 Å². The van der Waals surface area contributed by atoms with Crippen LogP contribution in [0.4, 0.5) is 0 Å². The fourth-order valence-corrected chi connectivity index (χ4v) is 4.78. The molecular formula is C21H22N2O3S. The molecule has 1 heterocycles. The quantitative estimate of drug-likeness (QED) is 0.754. The predicted octanol–water partition coefficient (Wildman–Crippen LogP) is 3.31. The molecule has 6 heteroatoms. The molecule has 0 saturated carbocycles. The number of fused-ring (bicyclic) bond motifs is 1. The summed E-state index contributed by atoms with van der Waals surface area (Å²) in [7, 11) is -3.79. The fourth-order valence-electron chi connectivity index (χ4n) is 3.63. The van der Waals surface area contributed by atoms with Crippen LogP contribution in [0.1, 0.15) is 40.8 Å². The topological polar surface area (TPSA) is 72.2 Å². The van der Waals surface area contributed by atoms with E-state index in [4.69, 9.17) is 0 Å². The smallest absolute Gasteiger partial charge is 0.282 e. The number of hydrogen-bond donors (Lipinski definition) is 1. The molecule has 0 saturated heterocycles. The van der Waals surface area contributed by atoms with Gasteiger partial charge >= 0.3 is 0 Å². The van der Waals surface area contributed by atoms with E-state index in [0.29, 0.717) is 24.1 Å². The largest absolute Gasteiger partial charge is 0.380 e. The van der Waals surface area contributed by atoms with Gasteiger partial charge in [0.1, 0.15) is 5.60 Å². The molecule has 0 bridgehead atoms. The second kappa shape index (κ2) is 6.32. The van der Waals surface area contributed by atoms with Crippen molar-refractivity contribution in [2.75, 3.05) is 0 Å². The Bertz CT molecular complexity index is 1080. The van der Waals surface area contributed by atoms with E-state index in [2.05, 4.69) is 5.10 Å². The second-order valence-corrected chi connectivity index (χ2v) is 9.06. The lowest BCUT2D eigenvalue weighted by atomic mass is 9.78. The molecule has 1 aliphatic rings. The molecule has 4 rings (SSSR count). The molecule has 27 heavy (non-hydrogen) atoms. The summed E-state index contributed by atoms with van der Waals surface area (Å²) < 4.78 is 27.0. The van der Waals surface area contributed by atoms with Gasteiger partial charge in [-0.25, -0.2) is 0 Å². The van der Waals surface area contributed by atoms with E-state index >= 15 is 0 Å². The molecule has 2 aromatic carbocycles. The van der Waals surface area contributed by atoms with Crippen molar-refractivity contribution in [3.63, 3.8) is 0 Å². The minimum atomic E-state index is -3.79. The SMILES string of the molecule is Cc1ccc(C2(O)CCCc3nn(S(=O)(=O)c4ccc(C)cc4)cc32)cc1. The first kappa shape index (κ1) is 17.9. The Morgan fingerprint density at radius 1 is 1.00 bits per heavy atom. The van der Waals surface area contributed by atoms with E-state index < -0.39 is 15.6 Å². The summed E-state index contributed by atoms with van der Waals surface area (Å²) in [6, 6.07) is 14.4. The van der Waals surface area contributed by atoms with Crippen LogP contribution >= 0.6 is 0 Å². The highest BCUT2D eigenvalue weighted by atomic mass is 32.2. The average Bonchev–Trinajstić information content (AvgIpc) is 3.09. The molecule has 1 N–H and O–H groups in total. The van der Waals surface area contributed by atoms with Gasteiger partial charge in [0.05, 0.1) is 10.6 Å². The van der Waals surface area contributed by atoms with Crippen LogP contribution in [0.3, 0.4) is 0 Å². The van der Waals surface area contributed by atoms with Crippen LogP contribution in [0.25, 0.3) is 0 Å². The summed E-state index contributed by atoms with van der Waals surface area (Å²) in [4.78, 5) is 0.187. The summed E-state index contributed by atoms with van der Waals surface area (Å²) in [6.07, 6.45) is 3.42. The molecular weight excluding hydrogens is 360 g/mol. The maximum Gasteiger partial charge on any atom is 0.282 e. The van der Waals surface area contributed by atoms with Crippen LogP contribution in [0, 0.1) is 13.8 Å². The van der Waals surface area contributed by atoms with Gasteiger partial charge in [0.15, 0.2) is 0 Å². The van der Waals surface area contributed by atoms with Crippen molar-refractivity contribution in [1.82, 2.24) is 9.19 Å². The van der Waals surface area contributed by atoms with Crippen molar-refractivity contribution in [2.24, 2.45) is 0 Å². The average molecular weight is 382 g/mol. The molecule has 5 nitrogen and oxygen atoms in total. The van der Waals surface area contributed by atoms with Crippen LogP contribution in [-0.2, 0) is 22.0 Å². The predicted molar refractivity (Wildman–Crippen MR) is 103 cm³/mol. The van der Waals surface area contributed by atoms with Gasteiger partial charge in [0, 0.05) is 11.8 Å². The molecule has 1 atom stereocenters. The van der Waals surface area contributed by atoms with Crippen LogP contribution in [0.2, 0.25) is 0 Å². The van der Waals surface area contributed by atoms with Gasteiger partial charge in [-0.3, -0.25) is 0 Å². The third-order valence-electron chi connectivity index (χ3n) is 5.26. The number of benzene rings is 2. The Hall–Kier alpha value is -2.44. The number of aromatic nitrogens is 2. The molecule has 140 valence electrons. The normalized spacial score (nSPS) is 19.7. The molecule has 3 aromatic rings. The van der Waals surface area contributed by atoms with Gasteiger partial charge < -0.3 is 5.11 Å². The lowest BCUT2D eigenvalue weighted by molar-refractivity contribution is 0.0615. The number of aliphatic hydroxyl groups is 1. The van der Waals surface area contributed by atoms with E-state index in [9.17, 15) is 13.5 Å². The molecule has 1 unspecified atom stereocenters. The molecule has 0 fully saturated rings. The summed E-state index contributed by atoms with van der Waals surface area (Å²) in [5, 5.41) is 15.8. The number of rotatable bonds is 3. The summed E-state index contributed by atoms with van der Waals surface area (Å²) in [5.41, 5.74) is 2.86.